The van der Waals surface area contributed by atoms with Crippen molar-refractivity contribution in [3.8, 4) is 0 Å². The predicted octanol–water partition coefficient (Wildman–Crippen LogP) is 2.01. The molecule has 0 fully saturated rings. The second-order valence-corrected chi connectivity index (χ2v) is 7.96. The monoisotopic (exact) mass is 399 g/mol. The molecule has 1 atom stereocenters. The summed E-state index contributed by atoms with van der Waals surface area (Å²) in [5.74, 6) is 0.605. The summed E-state index contributed by atoms with van der Waals surface area (Å²) >= 11 is 0. The Balaban J connectivity index is 2.47. The number of hydrogen-bond acceptors (Lipinski definition) is 5. The van der Waals surface area contributed by atoms with Gasteiger partial charge in [-0.15, -0.1) is 0 Å². The fraction of sp³-hybridized carbons (Fsp3) is 0.588. The highest BCUT2D eigenvalue weighted by Gasteiger charge is 2.17. The number of benzene rings is 1. The summed E-state index contributed by atoms with van der Waals surface area (Å²) in [6.45, 7) is 4.69. The largest absolute Gasteiger partial charge is 0.355 e. The lowest BCUT2D eigenvalue weighted by Gasteiger charge is -2.18. The smallest absolute Gasteiger partial charge is 0.270 e. The topological polar surface area (TPSA) is 126 Å². The average Bonchev–Trinajstić information content (AvgIpc) is 2.64. The molecule has 0 amide bonds. The van der Waals surface area contributed by atoms with E-state index in [-0.39, 0.29) is 23.2 Å². The van der Waals surface area contributed by atoms with Gasteiger partial charge in [0.1, 0.15) is 0 Å². The van der Waals surface area contributed by atoms with Crippen molar-refractivity contribution in [3.05, 3.63) is 34.4 Å². The molecule has 0 saturated carbocycles. The molecular formula is C17H29N5O4S. The molecule has 0 aromatic heterocycles. The van der Waals surface area contributed by atoms with Crippen LogP contribution in [-0.4, -0.2) is 45.5 Å². The summed E-state index contributed by atoms with van der Waals surface area (Å²) in [6, 6.07) is 5.22. The number of non-ortho nitro benzene ring substituents is 1. The van der Waals surface area contributed by atoms with Gasteiger partial charge >= 0.3 is 0 Å². The highest BCUT2D eigenvalue weighted by molar-refractivity contribution is 7.89. The summed E-state index contributed by atoms with van der Waals surface area (Å²) in [6.07, 6.45) is 4.54. The second-order valence-electron chi connectivity index (χ2n) is 6.19. The van der Waals surface area contributed by atoms with Gasteiger partial charge in [0.05, 0.1) is 9.82 Å². The van der Waals surface area contributed by atoms with E-state index < -0.39 is 14.9 Å². The molecule has 1 unspecified atom stereocenters. The highest BCUT2D eigenvalue weighted by atomic mass is 32.2. The van der Waals surface area contributed by atoms with Crippen LogP contribution in [0.4, 0.5) is 5.69 Å². The molecule has 0 aliphatic rings. The first kappa shape index (κ1) is 22.8. The molecule has 0 saturated heterocycles. The first-order valence-corrected chi connectivity index (χ1v) is 10.5. The lowest BCUT2D eigenvalue weighted by molar-refractivity contribution is -0.385. The summed E-state index contributed by atoms with van der Waals surface area (Å²) in [4.78, 5) is 14.1. The van der Waals surface area contributed by atoms with Gasteiger partial charge in [-0.05, 0) is 19.4 Å². The molecular weight excluding hydrogens is 370 g/mol. The Kier molecular flexibility index (Phi) is 9.73. The van der Waals surface area contributed by atoms with Crippen LogP contribution in [0.2, 0.25) is 0 Å². The van der Waals surface area contributed by atoms with Crippen LogP contribution < -0.4 is 15.4 Å². The molecule has 0 aliphatic heterocycles. The van der Waals surface area contributed by atoms with Gasteiger partial charge in [0.15, 0.2) is 5.96 Å². The number of hydrogen-bond donors (Lipinski definition) is 3. The van der Waals surface area contributed by atoms with E-state index in [1.54, 1.807) is 7.05 Å². The van der Waals surface area contributed by atoms with Crippen molar-refractivity contribution in [3.63, 3.8) is 0 Å². The first-order chi connectivity index (χ1) is 12.8. The molecule has 27 heavy (non-hydrogen) atoms. The minimum atomic E-state index is -3.81. The van der Waals surface area contributed by atoms with Crippen LogP contribution in [0.15, 0.2) is 34.2 Å². The molecule has 0 aliphatic carbocycles. The maximum atomic E-state index is 12.2. The highest BCUT2D eigenvalue weighted by Crippen LogP contribution is 2.16. The summed E-state index contributed by atoms with van der Waals surface area (Å²) in [7, 11) is -2.16. The van der Waals surface area contributed by atoms with E-state index in [1.165, 1.54) is 31.0 Å². The molecule has 0 heterocycles. The lowest BCUT2D eigenvalue weighted by atomic mass is 10.1. The van der Waals surface area contributed by atoms with Gasteiger partial charge in [-0.2, -0.15) is 0 Å². The number of nitrogens with one attached hydrogen (secondary N) is 3. The van der Waals surface area contributed by atoms with Gasteiger partial charge in [-0.3, -0.25) is 15.1 Å². The van der Waals surface area contributed by atoms with Crippen LogP contribution in [0.3, 0.4) is 0 Å². The normalized spacial score (nSPS) is 13.2. The maximum Gasteiger partial charge on any atom is 0.270 e. The molecule has 3 N–H and O–H groups in total. The van der Waals surface area contributed by atoms with Crippen LogP contribution in [-0.2, 0) is 10.0 Å². The molecule has 152 valence electrons. The van der Waals surface area contributed by atoms with Crippen molar-refractivity contribution in [2.75, 3.05) is 20.1 Å². The Bertz CT molecular complexity index is 737. The maximum absolute atomic E-state index is 12.2. The van der Waals surface area contributed by atoms with Crippen molar-refractivity contribution in [2.24, 2.45) is 4.99 Å². The van der Waals surface area contributed by atoms with Crippen molar-refractivity contribution < 1.29 is 13.3 Å². The Labute approximate surface area is 160 Å². The Morgan fingerprint density at radius 3 is 2.67 bits per heavy atom. The van der Waals surface area contributed by atoms with Crippen molar-refractivity contribution in [1.29, 1.82) is 0 Å². The number of nitro groups is 1. The third kappa shape index (κ3) is 8.35. The molecule has 10 heteroatoms. The van der Waals surface area contributed by atoms with E-state index in [1.807, 2.05) is 0 Å². The first-order valence-electron chi connectivity index (χ1n) is 9.01. The van der Waals surface area contributed by atoms with Gasteiger partial charge in [-0.1, -0.05) is 32.3 Å². The number of rotatable bonds is 11. The molecule has 1 rings (SSSR count). The molecule has 0 spiro atoms. The number of guanidine groups is 1. The number of sulfonamides is 1. The fourth-order valence-electron chi connectivity index (χ4n) is 2.41. The summed E-state index contributed by atoms with van der Waals surface area (Å²) in [5.41, 5.74) is -0.266. The average molecular weight is 400 g/mol. The van der Waals surface area contributed by atoms with Crippen LogP contribution >= 0.6 is 0 Å². The Morgan fingerprint density at radius 2 is 2.04 bits per heavy atom. The zero-order chi connectivity index (χ0) is 20.3. The van der Waals surface area contributed by atoms with Crippen molar-refractivity contribution in [1.82, 2.24) is 15.4 Å². The summed E-state index contributed by atoms with van der Waals surface area (Å²) < 4.78 is 26.9. The number of aliphatic imine (C=N–C) groups is 1. The SMILES string of the molecule is CCCCCC(C)NC(=NC)NCCNS(=O)(=O)c1cccc([N+](=O)[O-])c1. The van der Waals surface area contributed by atoms with Crippen LogP contribution in [0, 0.1) is 10.1 Å². The summed E-state index contributed by atoms with van der Waals surface area (Å²) in [5, 5.41) is 17.1. The molecule has 1 aromatic rings. The number of unbranched alkanes of at least 4 members (excludes halogenated alkanes) is 2. The third-order valence-electron chi connectivity index (χ3n) is 3.90. The van der Waals surface area contributed by atoms with Crippen LogP contribution in [0.5, 0.6) is 0 Å². The molecule has 0 radical (unpaired) electrons. The Hall–Kier alpha value is -2.20. The molecule has 1 aromatic carbocycles. The van der Waals surface area contributed by atoms with Gasteiger partial charge < -0.3 is 10.6 Å². The fourth-order valence-corrected chi connectivity index (χ4v) is 3.49. The van der Waals surface area contributed by atoms with Gasteiger partial charge in [0, 0.05) is 38.3 Å². The zero-order valence-electron chi connectivity index (χ0n) is 16.1. The molecule has 0 bridgehead atoms. The zero-order valence-corrected chi connectivity index (χ0v) is 16.9. The molecule has 9 nitrogen and oxygen atoms in total. The quantitative estimate of drug-likeness (QED) is 0.172. The van der Waals surface area contributed by atoms with E-state index in [2.05, 4.69) is 34.2 Å². The minimum Gasteiger partial charge on any atom is -0.355 e. The number of nitrogens with zero attached hydrogens (tertiary/aromatic N) is 2. The van der Waals surface area contributed by atoms with Gasteiger partial charge in [-0.25, -0.2) is 13.1 Å². The van der Waals surface area contributed by atoms with Gasteiger partial charge in [0.25, 0.3) is 5.69 Å². The Morgan fingerprint density at radius 1 is 1.30 bits per heavy atom. The minimum absolute atomic E-state index is 0.121. The van der Waals surface area contributed by atoms with Gasteiger partial charge in [0.2, 0.25) is 10.0 Å². The standard InChI is InChI=1S/C17H29N5O4S/c1-4-5-6-8-14(2)21-17(18-3)19-11-12-20-27(25,26)16-10-7-9-15(13-16)22(23)24/h7,9-10,13-14,20H,4-6,8,11-12H2,1-3H3,(H2,18,19,21). The number of nitro benzene ring substituents is 1. The van der Waals surface area contributed by atoms with E-state index in [0.717, 1.165) is 18.9 Å². The second kappa shape index (κ2) is 11.5. The van der Waals surface area contributed by atoms with E-state index >= 15 is 0 Å². The van der Waals surface area contributed by atoms with E-state index in [4.69, 9.17) is 0 Å². The third-order valence-corrected chi connectivity index (χ3v) is 5.35. The van der Waals surface area contributed by atoms with Crippen LogP contribution in [0.25, 0.3) is 0 Å². The van der Waals surface area contributed by atoms with Crippen molar-refractivity contribution >= 4 is 21.7 Å². The lowest BCUT2D eigenvalue weighted by Crippen LogP contribution is -2.44. The van der Waals surface area contributed by atoms with Crippen LogP contribution in [0.1, 0.15) is 39.5 Å². The van der Waals surface area contributed by atoms with Crippen molar-refractivity contribution in [2.45, 2.75) is 50.5 Å². The predicted molar refractivity (Wildman–Crippen MR) is 106 cm³/mol. The van der Waals surface area contributed by atoms with E-state index in [0.29, 0.717) is 12.5 Å². The van der Waals surface area contributed by atoms with E-state index in [9.17, 15) is 18.5 Å².